The van der Waals surface area contributed by atoms with Crippen molar-refractivity contribution in [3.63, 3.8) is 0 Å². The van der Waals surface area contributed by atoms with E-state index in [-0.39, 0.29) is 11.4 Å². The second kappa shape index (κ2) is 6.17. The summed E-state index contributed by atoms with van der Waals surface area (Å²) in [6, 6.07) is 10.2. The van der Waals surface area contributed by atoms with Crippen LogP contribution in [0.1, 0.15) is 18.4 Å². The minimum atomic E-state index is -0.438. The second-order valence-electron chi connectivity index (χ2n) is 5.45. The molecule has 1 heterocycles. The molecule has 0 unspecified atom stereocenters. The molecule has 0 aliphatic carbocycles. The average Bonchev–Trinajstić information content (AvgIpc) is 2.43. The molecule has 1 aromatic rings. The highest BCUT2D eigenvalue weighted by molar-refractivity contribution is 5.77. The van der Waals surface area contributed by atoms with Gasteiger partial charge in [0.25, 0.3) is 0 Å². The zero-order valence-electron chi connectivity index (χ0n) is 11.4. The van der Waals surface area contributed by atoms with Crippen LogP contribution < -0.4 is 5.32 Å². The number of piperidine rings is 1. The molecule has 0 bridgehead atoms. The van der Waals surface area contributed by atoms with Crippen LogP contribution in [0, 0.1) is 0 Å². The molecule has 19 heavy (non-hydrogen) atoms. The van der Waals surface area contributed by atoms with E-state index in [4.69, 9.17) is 5.11 Å². The van der Waals surface area contributed by atoms with Crippen molar-refractivity contribution < 1.29 is 9.90 Å². The summed E-state index contributed by atoms with van der Waals surface area (Å²) in [4.78, 5) is 13.9. The summed E-state index contributed by atoms with van der Waals surface area (Å²) in [6.45, 7) is 1.50. The van der Waals surface area contributed by atoms with Crippen LogP contribution in [0.2, 0.25) is 0 Å². The van der Waals surface area contributed by atoms with Gasteiger partial charge in [-0.05, 0) is 31.9 Å². The molecule has 1 aromatic carbocycles. The quantitative estimate of drug-likeness (QED) is 0.844. The van der Waals surface area contributed by atoms with E-state index in [0.29, 0.717) is 0 Å². The van der Waals surface area contributed by atoms with Crippen LogP contribution in [-0.2, 0) is 11.2 Å². The summed E-state index contributed by atoms with van der Waals surface area (Å²) >= 11 is 0. The van der Waals surface area contributed by atoms with Gasteiger partial charge in [-0.1, -0.05) is 30.3 Å². The molecule has 0 aromatic heterocycles. The summed E-state index contributed by atoms with van der Waals surface area (Å²) in [5, 5.41) is 12.0. The number of carbonyl (C=O) groups excluding carboxylic acids is 1. The van der Waals surface area contributed by atoms with Gasteiger partial charge in [0.1, 0.15) is 6.61 Å². The number of nitrogens with one attached hydrogen (secondary N) is 1. The number of nitrogens with zero attached hydrogens (tertiary/aromatic N) is 1. The van der Waals surface area contributed by atoms with Crippen molar-refractivity contribution in [2.24, 2.45) is 0 Å². The van der Waals surface area contributed by atoms with Crippen molar-refractivity contribution in [3.05, 3.63) is 35.9 Å². The number of rotatable bonds is 4. The minimum absolute atomic E-state index is 0.215. The largest absolute Gasteiger partial charge is 0.387 e. The topological polar surface area (TPSA) is 52.6 Å². The van der Waals surface area contributed by atoms with Gasteiger partial charge in [0, 0.05) is 18.6 Å². The highest BCUT2D eigenvalue weighted by Gasteiger charge is 2.34. The fourth-order valence-electron chi connectivity index (χ4n) is 2.71. The molecule has 1 fully saturated rings. The number of aliphatic hydroxyl groups is 1. The first-order valence-corrected chi connectivity index (χ1v) is 6.78. The molecule has 0 saturated carbocycles. The van der Waals surface area contributed by atoms with Crippen molar-refractivity contribution in [1.29, 1.82) is 0 Å². The van der Waals surface area contributed by atoms with Crippen LogP contribution in [0.5, 0.6) is 0 Å². The molecule has 1 aliphatic heterocycles. The average molecular weight is 262 g/mol. The van der Waals surface area contributed by atoms with Crippen LogP contribution in [0.15, 0.2) is 30.3 Å². The minimum Gasteiger partial charge on any atom is -0.387 e. The Morgan fingerprint density at radius 2 is 1.95 bits per heavy atom. The van der Waals surface area contributed by atoms with E-state index in [9.17, 15) is 4.79 Å². The third-order valence-electron chi connectivity index (χ3n) is 3.88. The van der Waals surface area contributed by atoms with E-state index in [2.05, 4.69) is 29.4 Å². The van der Waals surface area contributed by atoms with E-state index in [1.807, 2.05) is 18.2 Å². The molecule has 1 saturated heterocycles. The van der Waals surface area contributed by atoms with Gasteiger partial charge >= 0.3 is 0 Å². The van der Waals surface area contributed by atoms with Crippen molar-refractivity contribution in [2.45, 2.75) is 24.8 Å². The van der Waals surface area contributed by atoms with Gasteiger partial charge in [-0.2, -0.15) is 0 Å². The molecule has 0 atom stereocenters. The van der Waals surface area contributed by atoms with E-state index in [1.165, 1.54) is 5.56 Å². The Morgan fingerprint density at radius 1 is 1.32 bits per heavy atom. The van der Waals surface area contributed by atoms with E-state index < -0.39 is 6.61 Å². The highest BCUT2D eigenvalue weighted by Crippen LogP contribution is 2.26. The van der Waals surface area contributed by atoms with E-state index in [1.54, 1.807) is 0 Å². The van der Waals surface area contributed by atoms with Crippen LogP contribution in [0.25, 0.3) is 0 Å². The molecule has 1 amide bonds. The molecule has 0 spiro atoms. The fourth-order valence-corrected chi connectivity index (χ4v) is 2.71. The number of carbonyl (C=O) groups is 1. The SMILES string of the molecule is CN1CCC(Cc2ccccc2)(NC(=O)CO)CC1. The Labute approximate surface area is 114 Å². The number of hydrogen-bond donors (Lipinski definition) is 2. The zero-order valence-corrected chi connectivity index (χ0v) is 11.4. The van der Waals surface area contributed by atoms with Crippen molar-refractivity contribution in [2.75, 3.05) is 26.7 Å². The lowest BCUT2D eigenvalue weighted by Crippen LogP contribution is -2.56. The Bertz CT molecular complexity index is 411. The number of likely N-dealkylation sites (tertiary alicyclic amines) is 1. The first-order valence-electron chi connectivity index (χ1n) is 6.78. The maximum Gasteiger partial charge on any atom is 0.246 e. The van der Waals surface area contributed by atoms with Gasteiger partial charge < -0.3 is 15.3 Å². The fraction of sp³-hybridized carbons (Fsp3) is 0.533. The molecule has 4 nitrogen and oxygen atoms in total. The first-order chi connectivity index (χ1) is 9.13. The Hall–Kier alpha value is -1.39. The zero-order chi connectivity index (χ0) is 13.7. The number of amides is 1. The monoisotopic (exact) mass is 262 g/mol. The molecule has 1 aliphatic rings. The summed E-state index contributed by atoms with van der Waals surface area (Å²) < 4.78 is 0. The smallest absolute Gasteiger partial charge is 0.246 e. The van der Waals surface area contributed by atoms with Gasteiger partial charge in [-0.25, -0.2) is 0 Å². The lowest BCUT2D eigenvalue weighted by Gasteiger charge is -2.41. The molecule has 4 heteroatoms. The molecule has 2 rings (SSSR count). The summed E-state index contributed by atoms with van der Waals surface area (Å²) in [5.74, 6) is -0.277. The van der Waals surface area contributed by atoms with Crippen molar-refractivity contribution >= 4 is 5.91 Å². The van der Waals surface area contributed by atoms with E-state index >= 15 is 0 Å². The molecule has 0 radical (unpaired) electrons. The standard InChI is InChI=1S/C15H22N2O2/c1-17-9-7-15(8-10-17,16-14(19)12-18)11-13-5-3-2-4-6-13/h2-6,18H,7-12H2,1H3,(H,16,19). The van der Waals surface area contributed by atoms with E-state index in [0.717, 1.165) is 32.4 Å². The predicted octanol–water partition coefficient (Wildman–Crippen LogP) is 0.802. The lowest BCUT2D eigenvalue weighted by molar-refractivity contribution is -0.126. The van der Waals surface area contributed by atoms with Crippen LogP contribution in [0.3, 0.4) is 0 Å². The van der Waals surface area contributed by atoms with Crippen LogP contribution in [0.4, 0.5) is 0 Å². The van der Waals surface area contributed by atoms with Gasteiger partial charge in [-0.15, -0.1) is 0 Å². The lowest BCUT2D eigenvalue weighted by atomic mass is 9.82. The molecule has 2 N–H and O–H groups in total. The summed E-state index contributed by atoms with van der Waals surface area (Å²) in [7, 11) is 2.10. The van der Waals surface area contributed by atoms with Crippen LogP contribution in [-0.4, -0.2) is 48.2 Å². The number of benzene rings is 1. The maximum absolute atomic E-state index is 11.6. The Morgan fingerprint density at radius 3 is 2.53 bits per heavy atom. The predicted molar refractivity (Wildman–Crippen MR) is 74.8 cm³/mol. The van der Waals surface area contributed by atoms with Crippen LogP contribution >= 0.6 is 0 Å². The third kappa shape index (κ3) is 3.78. The molecular weight excluding hydrogens is 240 g/mol. The maximum atomic E-state index is 11.6. The molecule has 104 valence electrons. The van der Waals surface area contributed by atoms with Gasteiger partial charge in [0.15, 0.2) is 0 Å². The third-order valence-corrected chi connectivity index (χ3v) is 3.88. The summed E-state index contributed by atoms with van der Waals surface area (Å²) in [6.07, 6.45) is 2.67. The van der Waals surface area contributed by atoms with Gasteiger partial charge in [0.2, 0.25) is 5.91 Å². The van der Waals surface area contributed by atoms with Gasteiger partial charge in [0.05, 0.1) is 0 Å². The van der Waals surface area contributed by atoms with Gasteiger partial charge in [-0.3, -0.25) is 4.79 Å². The highest BCUT2D eigenvalue weighted by atomic mass is 16.3. The molecular formula is C15H22N2O2. The number of hydrogen-bond acceptors (Lipinski definition) is 3. The first kappa shape index (κ1) is 14.0. The Balaban J connectivity index is 2.12. The second-order valence-corrected chi connectivity index (χ2v) is 5.45. The normalized spacial score (nSPS) is 19.1. The van der Waals surface area contributed by atoms with Crippen molar-refractivity contribution in [3.8, 4) is 0 Å². The van der Waals surface area contributed by atoms with Crippen molar-refractivity contribution in [1.82, 2.24) is 10.2 Å². The number of aliphatic hydroxyl groups excluding tert-OH is 1. The Kier molecular flexibility index (Phi) is 4.56. The summed E-state index contributed by atoms with van der Waals surface area (Å²) in [5.41, 5.74) is 1.01.